The van der Waals surface area contributed by atoms with Crippen LogP contribution in [0.25, 0.3) is 0 Å². The Bertz CT molecular complexity index is 317. The summed E-state index contributed by atoms with van der Waals surface area (Å²) in [5, 5.41) is 13.2. The van der Waals surface area contributed by atoms with Crippen LogP contribution in [0.1, 0.15) is 18.5 Å². The van der Waals surface area contributed by atoms with Gasteiger partial charge in [-0.15, -0.1) is 0 Å². The van der Waals surface area contributed by atoms with Crippen LogP contribution < -0.4 is 5.32 Å². The number of halogens is 2. The summed E-state index contributed by atoms with van der Waals surface area (Å²) in [7, 11) is 1.83. The Balaban J connectivity index is 3.15. The lowest BCUT2D eigenvalue weighted by atomic mass is 10.1. The highest BCUT2D eigenvalue weighted by atomic mass is 79.9. The van der Waals surface area contributed by atoms with Crippen LogP contribution >= 0.6 is 27.5 Å². The van der Waals surface area contributed by atoms with E-state index in [1.54, 1.807) is 12.1 Å². The minimum Gasteiger partial charge on any atom is -0.508 e. The van der Waals surface area contributed by atoms with Crippen molar-refractivity contribution in [3.8, 4) is 5.75 Å². The fourth-order valence-corrected chi connectivity index (χ4v) is 1.56. The number of benzene rings is 1. The molecule has 13 heavy (non-hydrogen) atoms. The molecule has 0 aromatic heterocycles. The number of hydrogen-bond acceptors (Lipinski definition) is 2. The van der Waals surface area contributed by atoms with E-state index >= 15 is 0 Å². The van der Waals surface area contributed by atoms with Gasteiger partial charge in [0.15, 0.2) is 0 Å². The number of nitrogens with one attached hydrogen (secondary N) is 1. The quantitative estimate of drug-likeness (QED) is 0.860. The van der Waals surface area contributed by atoms with Crippen LogP contribution in [0.4, 0.5) is 0 Å². The van der Waals surface area contributed by atoms with Crippen molar-refractivity contribution >= 4 is 27.5 Å². The number of phenolic OH excluding ortho intramolecular Hbond substituents is 1. The average molecular weight is 265 g/mol. The van der Waals surface area contributed by atoms with E-state index in [1.165, 1.54) is 0 Å². The molecule has 0 bridgehead atoms. The number of phenols is 1. The molecule has 2 nitrogen and oxygen atoms in total. The van der Waals surface area contributed by atoms with Crippen LogP contribution in [0.3, 0.4) is 0 Å². The fraction of sp³-hybridized carbons (Fsp3) is 0.333. The minimum atomic E-state index is 0.0885. The van der Waals surface area contributed by atoms with Crippen molar-refractivity contribution in [2.45, 2.75) is 13.0 Å². The maximum Gasteiger partial charge on any atom is 0.121 e. The van der Waals surface area contributed by atoms with Gasteiger partial charge in [-0.3, -0.25) is 0 Å². The van der Waals surface area contributed by atoms with Gasteiger partial charge in [0.05, 0.1) is 5.02 Å². The molecule has 0 aliphatic heterocycles. The molecular formula is C9H11BrClNO. The predicted octanol–water partition coefficient (Wildman–Crippen LogP) is 3.09. The van der Waals surface area contributed by atoms with Gasteiger partial charge >= 0.3 is 0 Å². The molecule has 2 N–H and O–H groups in total. The second kappa shape index (κ2) is 4.31. The third kappa shape index (κ3) is 2.36. The lowest BCUT2D eigenvalue weighted by molar-refractivity contribution is 0.457. The molecule has 0 unspecified atom stereocenters. The minimum absolute atomic E-state index is 0.0885. The van der Waals surface area contributed by atoms with Crippen LogP contribution in [-0.2, 0) is 0 Å². The van der Waals surface area contributed by atoms with Crippen LogP contribution in [0.2, 0.25) is 5.02 Å². The summed E-state index contributed by atoms with van der Waals surface area (Å²) in [6.07, 6.45) is 0. The molecule has 0 spiro atoms. The van der Waals surface area contributed by atoms with E-state index in [-0.39, 0.29) is 11.8 Å². The largest absolute Gasteiger partial charge is 0.508 e. The van der Waals surface area contributed by atoms with Crippen molar-refractivity contribution < 1.29 is 5.11 Å². The summed E-state index contributed by atoms with van der Waals surface area (Å²) in [5.74, 6) is 0.248. The van der Waals surface area contributed by atoms with Crippen molar-refractivity contribution in [3.05, 3.63) is 27.2 Å². The van der Waals surface area contributed by atoms with Gasteiger partial charge in [-0.05, 0) is 42.0 Å². The molecule has 1 atom stereocenters. The van der Waals surface area contributed by atoms with Crippen LogP contribution in [0.5, 0.6) is 5.75 Å². The van der Waals surface area contributed by atoms with E-state index in [4.69, 9.17) is 11.6 Å². The van der Waals surface area contributed by atoms with Crippen LogP contribution in [0.15, 0.2) is 16.6 Å². The van der Waals surface area contributed by atoms with Gasteiger partial charge in [-0.1, -0.05) is 11.6 Å². The van der Waals surface area contributed by atoms with Crippen molar-refractivity contribution in [1.82, 2.24) is 5.32 Å². The molecule has 0 aliphatic rings. The molecule has 0 radical (unpaired) electrons. The standard InChI is InChI=1S/C9H11BrClNO/c1-5(12-2)6-3-8(11)7(10)4-9(6)13/h3-5,12-13H,1-2H3/t5-/m0/s1. The number of hydrogen-bond donors (Lipinski definition) is 2. The highest BCUT2D eigenvalue weighted by Gasteiger charge is 2.10. The lowest BCUT2D eigenvalue weighted by Crippen LogP contribution is -2.12. The lowest BCUT2D eigenvalue weighted by Gasteiger charge is -2.13. The molecule has 0 amide bonds. The second-order valence-corrected chi connectivity index (χ2v) is 4.10. The maximum absolute atomic E-state index is 9.59. The van der Waals surface area contributed by atoms with Gasteiger partial charge in [0.25, 0.3) is 0 Å². The molecule has 0 saturated carbocycles. The molecule has 1 rings (SSSR count). The van der Waals surface area contributed by atoms with E-state index in [1.807, 2.05) is 14.0 Å². The van der Waals surface area contributed by atoms with Gasteiger partial charge in [-0.25, -0.2) is 0 Å². The molecule has 4 heteroatoms. The highest BCUT2D eigenvalue weighted by molar-refractivity contribution is 9.10. The molecule has 0 fully saturated rings. The van der Waals surface area contributed by atoms with E-state index < -0.39 is 0 Å². The fourth-order valence-electron chi connectivity index (χ4n) is 1.05. The zero-order chi connectivity index (χ0) is 10.0. The van der Waals surface area contributed by atoms with Crippen LogP contribution in [-0.4, -0.2) is 12.2 Å². The van der Waals surface area contributed by atoms with Gasteiger partial charge in [-0.2, -0.15) is 0 Å². The second-order valence-electron chi connectivity index (χ2n) is 2.84. The zero-order valence-electron chi connectivity index (χ0n) is 7.44. The molecule has 0 heterocycles. The van der Waals surface area contributed by atoms with Gasteiger partial charge in [0.2, 0.25) is 0 Å². The van der Waals surface area contributed by atoms with Gasteiger partial charge in [0, 0.05) is 16.1 Å². The van der Waals surface area contributed by atoms with Gasteiger partial charge in [0.1, 0.15) is 5.75 Å². The Morgan fingerprint density at radius 2 is 2.15 bits per heavy atom. The van der Waals surface area contributed by atoms with E-state index in [9.17, 15) is 5.11 Å². The summed E-state index contributed by atoms with van der Waals surface area (Å²) < 4.78 is 0.707. The zero-order valence-corrected chi connectivity index (χ0v) is 9.78. The summed E-state index contributed by atoms with van der Waals surface area (Å²) >= 11 is 9.14. The first-order chi connectivity index (χ1) is 6.06. The third-order valence-electron chi connectivity index (χ3n) is 1.97. The first kappa shape index (κ1) is 10.8. The Morgan fingerprint density at radius 3 is 2.69 bits per heavy atom. The number of rotatable bonds is 2. The van der Waals surface area contributed by atoms with Crippen molar-refractivity contribution in [1.29, 1.82) is 0 Å². The SMILES string of the molecule is CN[C@@H](C)c1cc(Cl)c(Br)cc1O. The van der Waals surface area contributed by atoms with E-state index in [2.05, 4.69) is 21.2 Å². The van der Waals surface area contributed by atoms with E-state index in [0.29, 0.717) is 9.50 Å². The monoisotopic (exact) mass is 263 g/mol. The van der Waals surface area contributed by atoms with Crippen molar-refractivity contribution in [2.75, 3.05) is 7.05 Å². The summed E-state index contributed by atoms with van der Waals surface area (Å²) in [4.78, 5) is 0. The highest BCUT2D eigenvalue weighted by Crippen LogP contribution is 2.33. The first-order valence-electron chi connectivity index (χ1n) is 3.91. The third-order valence-corrected chi connectivity index (χ3v) is 3.17. The van der Waals surface area contributed by atoms with Gasteiger partial charge < -0.3 is 10.4 Å². The van der Waals surface area contributed by atoms with E-state index in [0.717, 1.165) is 5.56 Å². The smallest absolute Gasteiger partial charge is 0.121 e. The number of aromatic hydroxyl groups is 1. The normalized spacial score (nSPS) is 12.9. The Hall–Kier alpha value is -0.250. The Kier molecular flexibility index (Phi) is 3.59. The van der Waals surface area contributed by atoms with Crippen LogP contribution in [0, 0.1) is 0 Å². The topological polar surface area (TPSA) is 32.3 Å². The van der Waals surface area contributed by atoms with Crippen molar-refractivity contribution in [3.63, 3.8) is 0 Å². The Morgan fingerprint density at radius 1 is 1.54 bits per heavy atom. The average Bonchev–Trinajstić information content (AvgIpc) is 2.10. The molecular weight excluding hydrogens is 253 g/mol. The molecule has 0 saturated heterocycles. The maximum atomic E-state index is 9.59. The molecule has 72 valence electrons. The predicted molar refractivity (Wildman–Crippen MR) is 58.3 cm³/mol. The first-order valence-corrected chi connectivity index (χ1v) is 5.08. The summed E-state index contributed by atoms with van der Waals surface area (Å²) in [5.41, 5.74) is 0.802. The Labute approximate surface area is 91.0 Å². The molecule has 1 aromatic rings. The summed E-state index contributed by atoms with van der Waals surface area (Å²) in [6.45, 7) is 1.96. The van der Waals surface area contributed by atoms with Crippen molar-refractivity contribution in [2.24, 2.45) is 0 Å². The molecule has 0 aliphatic carbocycles. The molecule has 1 aromatic carbocycles. The summed E-state index contributed by atoms with van der Waals surface area (Å²) in [6, 6.07) is 3.44.